The lowest BCUT2D eigenvalue weighted by Gasteiger charge is -2.36. The second-order valence-electron chi connectivity index (χ2n) is 5.63. The van der Waals surface area contributed by atoms with E-state index in [1.807, 2.05) is 0 Å². The van der Waals surface area contributed by atoms with Crippen LogP contribution in [0.5, 0.6) is 0 Å². The highest BCUT2D eigenvalue weighted by molar-refractivity contribution is 4.88. The van der Waals surface area contributed by atoms with Crippen molar-refractivity contribution in [1.29, 1.82) is 0 Å². The normalized spacial score (nSPS) is 37.8. The van der Waals surface area contributed by atoms with Crippen LogP contribution in [0.15, 0.2) is 0 Å². The van der Waals surface area contributed by atoms with Crippen molar-refractivity contribution in [1.82, 2.24) is 10.6 Å². The van der Waals surface area contributed by atoms with Gasteiger partial charge in [-0.3, -0.25) is 0 Å². The standard InChI is InChI=1S/C13H26N2/c1-13(8-3-5-11-15-13)9-7-12-6-2-4-10-14-12/h12,14-15H,2-11H2,1H3. The summed E-state index contributed by atoms with van der Waals surface area (Å²) in [4.78, 5) is 0. The number of hydrogen-bond donors (Lipinski definition) is 2. The fourth-order valence-corrected chi connectivity index (χ4v) is 3.00. The molecule has 2 unspecified atom stereocenters. The van der Waals surface area contributed by atoms with E-state index in [0.29, 0.717) is 5.54 Å². The molecule has 0 aromatic rings. The van der Waals surface area contributed by atoms with Crippen molar-refractivity contribution in [3.8, 4) is 0 Å². The minimum absolute atomic E-state index is 0.442. The topological polar surface area (TPSA) is 24.1 Å². The average molecular weight is 210 g/mol. The minimum atomic E-state index is 0.442. The van der Waals surface area contributed by atoms with Crippen LogP contribution < -0.4 is 10.6 Å². The first-order valence-corrected chi connectivity index (χ1v) is 6.77. The highest BCUT2D eigenvalue weighted by atomic mass is 15.0. The number of nitrogens with one attached hydrogen (secondary N) is 2. The monoisotopic (exact) mass is 210 g/mol. The average Bonchev–Trinajstić information content (AvgIpc) is 2.29. The molecule has 15 heavy (non-hydrogen) atoms. The van der Waals surface area contributed by atoms with Gasteiger partial charge in [0.1, 0.15) is 0 Å². The van der Waals surface area contributed by atoms with Gasteiger partial charge in [0.05, 0.1) is 0 Å². The van der Waals surface area contributed by atoms with Gasteiger partial charge in [0.25, 0.3) is 0 Å². The molecule has 2 fully saturated rings. The van der Waals surface area contributed by atoms with Crippen LogP contribution in [0.2, 0.25) is 0 Å². The lowest BCUT2D eigenvalue weighted by Crippen LogP contribution is -2.47. The molecule has 0 aliphatic carbocycles. The second kappa shape index (κ2) is 5.31. The van der Waals surface area contributed by atoms with Crippen molar-refractivity contribution in [3.63, 3.8) is 0 Å². The molecule has 2 rings (SSSR count). The highest BCUT2D eigenvalue weighted by Crippen LogP contribution is 2.25. The van der Waals surface area contributed by atoms with Gasteiger partial charge in [-0.2, -0.15) is 0 Å². The van der Waals surface area contributed by atoms with E-state index in [1.54, 1.807) is 0 Å². The Morgan fingerprint density at radius 2 is 2.00 bits per heavy atom. The molecule has 2 heteroatoms. The van der Waals surface area contributed by atoms with Crippen LogP contribution in [0.3, 0.4) is 0 Å². The lowest BCUT2D eigenvalue weighted by atomic mass is 9.84. The van der Waals surface area contributed by atoms with Crippen molar-refractivity contribution in [2.45, 2.75) is 69.9 Å². The van der Waals surface area contributed by atoms with Crippen molar-refractivity contribution >= 4 is 0 Å². The van der Waals surface area contributed by atoms with Gasteiger partial charge in [0, 0.05) is 11.6 Å². The molecule has 0 amide bonds. The summed E-state index contributed by atoms with van der Waals surface area (Å²) in [5, 5.41) is 7.36. The maximum Gasteiger partial charge on any atom is 0.0153 e. The SMILES string of the molecule is CC1(CCC2CCCCN2)CCCCN1. The third-order valence-corrected chi connectivity index (χ3v) is 4.16. The molecule has 2 saturated heterocycles. The van der Waals surface area contributed by atoms with Crippen molar-refractivity contribution < 1.29 is 0 Å². The predicted molar refractivity (Wildman–Crippen MR) is 65.1 cm³/mol. The smallest absolute Gasteiger partial charge is 0.0153 e. The Bertz CT molecular complexity index is 179. The molecule has 0 spiro atoms. The molecular weight excluding hydrogens is 184 g/mol. The first-order valence-electron chi connectivity index (χ1n) is 6.77. The number of rotatable bonds is 3. The fraction of sp³-hybridized carbons (Fsp3) is 1.00. The van der Waals surface area contributed by atoms with Gasteiger partial charge in [0.15, 0.2) is 0 Å². The maximum atomic E-state index is 3.71. The van der Waals surface area contributed by atoms with Gasteiger partial charge >= 0.3 is 0 Å². The van der Waals surface area contributed by atoms with Crippen molar-refractivity contribution in [3.05, 3.63) is 0 Å². The summed E-state index contributed by atoms with van der Waals surface area (Å²) in [6.07, 6.45) is 11.1. The molecule has 0 radical (unpaired) electrons. The Hall–Kier alpha value is -0.0800. The summed E-state index contributed by atoms with van der Waals surface area (Å²) in [6, 6.07) is 0.805. The van der Waals surface area contributed by atoms with Crippen molar-refractivity contribution in [2.24, 2.45) is 0 Å². The number of hydrogen-bond acceptors (Lipinski definition) is 2. The van der Waals surface area contributed by atoms with E-state index < -0.39 is 0 Å². The van der Waals surface area contributed by atoms with Crippen molar-refractivity contribution in [2.75, 3.05) is 13.1 Å². The second-order valence-corrected chi connectivity index (χ2v) is 5.63. The van der Waals surface area contributed by atoms with Gasteiger partial charge in [0.2, 0.25) is 0 Å². The zero-order valence-corrected chi connectivity index (χ0v) is 10.1. The summed E-state index contributed by atoms with van der Waals surface area (Å²) < 4.78 is 0. The van der Waals surface area contributed by atoms with Gasteiger partial charge in [-0.25, -0.2) is 0 Å². The quantitative estimate of drug-likeness (QED) is 0.747. The van der Waals surface area contributed by atoms with Gasteiger partial charge in [-0.05, 0) is 58.5 Å². The van der Waals surface area contributed by atoms with Crippen LogP contribution in [0.1, 0.15) is 58.3 Å². The van der Waals surface area contributed by atoms with E-state index in [1.165, 1.54) is 64.5 Å². The van der Waals surface area contributed by atoms with Gasteiger partial charge < -0.3 is 10.6 Å². The summed E-state index contributed by atoms with van der Waals surface area (Å²) in [7, 11) is 0. The van der Waals surface area contributed by atoms with Gasteiger partial charge in [-0.15, -0.1) is 0 Å². The molecule has 0 aromatic carbocycles. The molecule has 2 nitrogen and oxygen atoms in total. The number of piperidine rings is 2. The van der Waals surface area contributed by atoms with E-state index in [4.69, 9.17) is 0 Å². The third kappa shape index (κ3) is 3.46. The molecule has 2 aliphatic rings. The van der Waals surface area contributed by atoms with Crippen LogP contribution in [-0.2, 0) is 0 Å². The van der Waals surface area contributed by atoms with E-state index >= 15 is 0 Å². The maximum absolute atomic E-state index is 3.71. The first kappa shape index (κ1) is 11.4. The van der Waals surface area contributed by atoms with E-state index in [2.05, 4.69) is 17.6 Å². The lowest BCUT2D eigenvalue weighted by molar-refractivity contribution is 0.237. The van der Waals surface area contributed by atoms with E-state index in [-0.39, 0.29) is 0 Å². The van der Waals surface area contributed by atoms with Crippen LogP contribution in [0.4, 0.5) is 0 Å². The molecule has 2 N–H and O–H groups in total. The van der Waals surface area contributed by atoms with Crippen LogP contribution in [0, 0.1) is 0 Å². The Kier molecular flexibility index (Phi) is 4.04. The zero-order valence-electron chi connectivity index (χ0n) is 10.1. The molecule has 0 saturated carbocycles. The molecule has 0 aromatic heterocycles. The Morgan fingerprint density at radius 1 is 1.13 bits per heavy atom. The largest absolute Gasteiger partial charge is 0.314 e. The zero-order chi connectivity index (χ0) is 10.6. The summed E-state index contributed by atoms with van der Waals surface area (Å²) >= 11 is 0. The Balaban J connectivity index is 1.70. The minimum Gasteiger partial charge on any atom is -0.314 e. The summed E-state index contributed by atoms with van der Waals surface area (Å²) in [5.74, 6) is 0. The van der Waals surface area contributed by atoms with Gasteiger partial charge in [-0.1, -0.05) is 12.8 Å². The molecule has 2 aliphatic heterocycles. The van der Waals surface area contributed by atoms with E-state index in [0.717, 1.165) is 6.04 Å². The first-order chi connectivity index (χ1) is 7.29. The molecular formula is C13H26N2. The van der Waals surface area contributed by atoms with Crippen LogP contribution in [0.25, 0.3) is 0 Å². The van der Waals surface area contributed by atoms with Crippen LogP contribution in [-0.4, -0.2) is 24.7 Å². The highest BCUT2D eigenvalue weighted by Gasteiger charge is 2.27. The summed E-state index contributed by atoms with van der Waals surface area (Å²) in [6.45, 7) is 4.89. The Labute approximate surface area is 94.2 Å². The van der Waals surface area contributed by atoms with E-state index in [9.17, 15) is 0 Å². The molecule has 2 atom stereocenters. The molecule has 2 heterocycles. The third-order valence-electron chi connectivity index (χ3n) is 4.16. The predicted octanol–water partition coefficient (Wildman–Crippen LogP) is 2.44. The molecule has 0 bridgehead atoms. The fourth-order valence-electron chi connectivity index (χ4n) is 3.00. The summed E-state index contributed by atoms with van der Waals surface area (Å²) in [5.41, 5.74) is 0.442. The Morgan fingerprint density at radius 3 is 2.67 bits per heavy atom. The molecule has 88 valence electrons. The van der Waals surface area contributed by atoms with Crippen LogP contribution >= 0.6 is 0 Å².